The number of allylic oxidation sites excluding steroid dienone is 3. The molecule has 1 N–H and O–H groups in total. The van der Waals surface area contributed by atoms with Gasteiger partial charge in [-0.25, -0.2) is 0 Å². The van der Waals surface area contributed by atoms with Crippen molar-refractivity contribution in [2.45, 2.75) is 44.9 Å². The van der Waals surface area contributed by atoms with Gasteiger partial charge in [-0.1, -0.05) is 37.5 Å². The van der Waals surface area contributed by atoms with Crippen molar-refractivity contribution in [3.8, 4) is 0 Å². The molecule has 0 bridgehead atoms. The quantitative estimate of drug-likeness (QED) is 0.428. The van der Waals surface area contributed by atoms with Gasteiger partial charge < -0.3 is 5.11 Å². The maximum absolute atomic E-state index is 8.55. The SMILES string of the molecule is C=CC/C=C/CCCCCCCO. The Morgan fingerprint density at radius 2 is 1.62 bits per heavy atom. The van der Waals surface area contributed by atoms with Crippen LogP contribution in [0.2, 0.25) is 0 Å². The standard InChI is InChI=1S/C12H22O/c1-2-3-4-5-6-7-8-9-10-11-12-13/h2,4-5,13H,1,3,6-12H2/b5-4+. The molecule has 13 heavy (non-hydrogen) atoms. The Morgan fingerprint density at radius 1 is 0.923 bits per heavy atom. The highest BCUT2D eigenvalue weighted by Crippen LogP contribution is 2.05. The molecule has 0 aromatic rings. The number of aliphatic hydroxyl groups is 1. The smallest absolute Gasteiger partial charge is 0.0431 e. The van der Waals surface area contributed by atoms with Crippen molar-refractivity contribution in [2.75, 3.05) is 6.61 Å². The van der Waals surface area contributed by atoms with Gasteiger partial charge in [0.05, 0.1) is 0 Å². The molecule has 76 valence electrons. The molecule has 0 aromatic heterocycles. The molecule has 0 unspecified atom stereocenters. The summed E-state index contributed by atoms with van der Waals surface area (Å²) in [5.41, 5.74) is 0. The molecule has 0 radical (unpaired) electrons. The van der Waals surface area contributed by atoms with E-state index in [0.717, 1.165) is 12.8 Å². The maximum Gasteiger partial charge on any atom is 0.0431 e. The lowest BCUT2D eigenvalue weighted by Gasteiger charge is -1.96. The summed E-state index contributed by atoms with van der Waals surface area (Å²) in [5.74, 6) is 0. The Balaban J connectivity index is 2.94. The van der Waals surface area contributed by atoms with E-state index in [2.05, 4.69) is 18.7 Å². The van der Waals surface area contributed by atoms with Crippen molar-refractivity contribution in [3.05, 3.63) is 24.8 Å². The van der Waals surface area contributed by atoms with Crippen molar-refractivity contribution in [2.24, 2.45) is 0 Å². The Morgan fingerprint density at radius 3 is 2.31 bits per heavy atom. The maximum atomic E-state index is 8.55. The highest BCUT2D eigenvalue weighted by molar-refractivity contribution is 4.87. The molecule has 1 heteroatoms. The number of unbranched alkanes of at least 4 members (excludes halogenated alkanes) is 5. The first kappa shape index (κ1) is 12.4. The zero-order valence-electron chi connectivity index (χ0n) is 8.54. The molecule has 1 nitrogen and oxygen atoms in total. The van der Waals surface area contributed by atoms with Crippen LogP contribution in [-0.4, -0.2) is 11.7 Å². The molecule has 0 aliphatic heterocycles. The van der Waals surface area contributed by atoms with Crippen LogP contribution in [0.5, 0.6) is 0 Å². The fraction of sp³-hybridized carbons (Fsp3) is 0.667. The Hall–Kier alpha value is -0.560. The van der Waals surface area contributed by atoms with Gasteiger partial charge >= 0.3 is 0 Å². The molecular formula is C12H22O. The Kier molecular flexibility index (Phi) is 10.9. The van der Waals surface area contributed by atoms with Crippen LogP contribution in [0.3, 0.4) is 0 Å². The highest BCUT2D eigenvalue weighted by Gasteiger charge is 1.87. The second-order valence-electron chi connectivity index (χ2n) is 3.28. The lowest BCUT2D eigenvalue weighted by atomic mass is 10.1. The van der Waals surface area contributed by atoms with E-state index in [-0.39, 0.29) is 0 Å². The largest absolute Gasteiger partial charge is 0.396 e. The van der Waals surface area contributed by atoms with E-state index in [1.165, 1.54) is 32.1 Å². The summed E-state index contributed by atoms with van der Waals surface area (Å²) in [6, 6.07) is 0. The van der Waals surface area contributed by atoms with Gasteiger partial charge in [-0.15, -0.1) is 6.58 Å². The van der Waals surface area contributed by atoms with Gasteiger partial charge in [0.2, 0.25) is 0 Å². The zero-order chi connectivity index (χ0) is 9.78. The van der Waals surface area contributed by atoms with Gasteiger partial charge in [-0.3, -0.25) is 0 Å². The van der Waals surface area contributed by atoms with E-state index in [0.29, 0.717) is 6.61 Å². The summed E-state index contributed by atoms with van der Waals surface area (Å²) in [4.78, 5) is 0. The van der Waals surface area contributed by atoms with Crippen LogP contribution in [-0.2, 0) is 0 Å². The number of hydrogen-bond acceptors (Lipinski definition) is 1. The predicted octanol–water partition coefficient (Wildman–Crippen LogP) is 3.45. The average Bonchev–Trinajstić information content (AvgIpc) is 2.16. The zero-order valence-corrected chi connectivity index (χ0v) is 8.54. The third kappa shape index (κ3) is 11.4. The molecule has 0 aromatic carbocycles. The van der Waals surface area contributed by atoms with Crippen molar-refractivity contribution in [3.63, 3.8) is 0 Å². The topological polar surface area (TPSA) is 20.2 Å². The van der Waals surface area contributed by atoms with Gasteiger partial charge in [-0.2, -0.15) is 0 Å². The minimum Gasteiger partial charge on any atom is -0.396 e. The van der Waals surface area contributed by atoms with E-state index < -0.39 is 0 Å². The highest BCUT2D eigenvalue weighted by atomic mass is 16.2. The third-order valence-electron chi connectivity index (χ3n) is 2.00. The van der Waals surface area contributed by atoms with E-state index in [1.807, 2.05) is 6.08 Å². The van der Waals surface area contributed by atoms with E-state index in [4.69, 9.17) is 5.11 Å². The summed E-state index contributed by atoms with van der Waals surface area (Å²) < 4.78 is 0. The second kappa shape index (κ2) is 11.4. The van der Waals surface area contributed by atoms with Crippen LogP contribution < -0.4 is 0 Å². The van der Waals surface area contributed by atoms with E-state index >= 15 is 0 Å². The van der Waals surface area contributed by atoms with E-state index in [9.17, 15) is 0 Å². The molecule has 0 saturated heterocycles. The summed E-state index contributed by atoms with van der Waals surface area (Å²) in [6.07, 6.45) is 14.5. The molecule has 0 atom stereocenters. The molecule has 0 aliphatic carbocycles. The summed E-state index contributed by atoms with van der Waals surface area (Å²) >= 11 is 0. The van der Waals surface area contributed by atoms with Crippen molar-refractivity contribution in [1.82, 2.24) is 0 Å². The summed E-state index contributed by atoms with van der Waals surface area (Å²) in [5, 5.41) is 8.55. The van der Waals surface area contributed by atoms with Crippen molar-refractivity contribution >= 4 is 0 Å². The van der Waals surface area contributed by atoms with Gasteiger partial charge in [0.15, 0.2) is 0 Å². The molecule has 0 amide bonds. The molecule has 0 spiro atoms. The molecule has 0 aliphatic rings. The van der Waals surface area contributed by atoms with Crippen LogP contribution >= 0.6 is 0 Å². The Bertz CT molecular complexity index is 127. The van der Waals surface area contributed by atoms with Gasteiger partial charge in [-0.05, 0) is 25.7 Å². The first-order valence-corrected chi connectivity index (χ1v) is 5.28. The molecular weight excluding hydrogens is 160 g/mol. The molecule has 0 rings (SSSR count). The normalized spacial score (nSPS) is 10.8. The summed E-state index contributed by atoms with van der Waals surface area (Å²) in [6.45, 7) is 4.00. The average molecular weight is 182 g/mol. The number of rotatable bonds is 9. The van der Waals surface area contributed by atoms with Crippen LogP contribution in [0.4, 0.5) is 0 Å². The lowest BCUT2D eigenvalue weighted by Crippen LogP contribution is -1.83. The summed E-state index contributed by atoms with van der Waals surface area (Å²) in [7, 11) is 0. The van der Waals surface area contributed by atoms with Crippen LogP contribution in [0.25, 0.3) is 0 Å². The minimum absolute atomic E-state index is 0.346. The third-order valence-corrected chi connectivity index (χ3v) is 2.00. The van der Waals surface area contributed by atoms with Gasteiger partial charge in [0, 0.05) is 6.61 Å². The van der Waals surface area contributed by atoms with Gasteiger partial charge in [0.25, 0.3) is 0 Å². The fourth-order valence-electron chi connectivity index (χ4n) is 1.21. The Labute approximate surface area is 82.2 Å². The molecule has 0 saturated carbocycles. The monoisotopic (exact) mass is 182 g/mol. The van der Waals surface area contributed by atoms with Crippen molar-refractivity contribution in [1.29, 1.82) is 0 Å². The second-order valence-corrected chi connectivity index (χ2v) is 3.28. The lowest BCUT2D eigenvalue weighted by molar-refractivity contribution is 0.282. The minimum atomic E-state index is 0.346. The first-order valence-electron chi connectivity index (χ1n) is 5.28. The molecule has 0 fully saturated rings. The van der Waals surface area contributed by atoms with Gasteiger partial charge in [0.1, 0.15) is 0 Å². The number of aliphatic hydroxyl groups excluding tert-OH is 1. The van der Waals surface area contributed by atoms with Crippen LogP contribution in [0, 0.1) is 0 Å². The first-order chi connectivity index (χ1) is 6.41. The predicted molar refractivity (Wildman–Crippen MR) is 58.7 cm³/mol. The van der Waals surface area contributed by atoms with E-state index in [1.54, 1.807) is 0 Å². The number of hydrogen-bond donors (Lipinski definition) is 1. The van der Waals surface area contributed by atoms with Crippen LogP contribution in [0.1, 0.15) is 44.9 Å². The molecule has 0 heterocycles. The van der Waals surface area contributed by atoms with Crippen LogP contribution in [0.15, 0.2) is 24.8 Å². The fourth-order valence-corrected chi connectivity index (χ4v) is 1.21. The van der Waals surface area contributed by atoms with Crippen molar-refractivity contribution < 1.29 is 5.11 Å².